The van der Waals surface area contributed by atoms with E-state index in [1.807, 2.05) is 13.0 Å². The highest BCUT2D eigenvalue weighted by Crippen LogP contribution is 2.44. The van der Waals surface area contributed by atoms with Gasteiger partial charge < -0.3 is 4.90 Å². The van der Waals surface area contributed by atoms with Gasteiger partial charge in [-0.05, 0) is 110 Å². The number of aryl methyl sites for hydroxylation is 2. The van der Waals surface area contributed by atoms with Crippen LogP contribution in [0.2, 0.25) is 5.02 Å². The van der Waals surface area contributed by atoms with Crippen molar-refractivity contribution in [1.29, 1.82) is 0 Å². The second-order valence-corrected chi connectivity index (χ2v) is 12.0. The SMILES string of the molecule is C=C(C)c1cc2c(cc1F)CCC(c1ccc(Cl)cc1CCC)CN2CC1CCC1C(C)/C=C/CCC. The van der Waals surface area contributed by atoms with Gasteiger partial charge in [-0.1, -0.05) is 70.0 Å². The van der Waals surface area contributed by atoms with Crippen molar-refractivity contribution in [3.05, 3.63) is 82.2 Å². The van der Waals surface area contributed by atoms with E-state index in [1.165, 1.54) is 42.5 Å². The minimum atomic E-state index is -0.140. The topological polar surface area (TPSA) is 3.24 Å². The van der Waals surface area contributed by atoms with Gasteiger partial charge in [0.25, 0.3) is 0 Å². The first-order chi connectivity index (χ1) is 17.8. The Labute approximate surface area is 229 Å². The first-order valence-corrected chi connectivity index (χ1v) is 14.9. The summed E-state index contributed by atoms with van der Waals surface area (Å²) in [5.74, 6) is 2.28. The molecular formula is C34H45ClFN. The number of unbranched alkanes of at least 4 members (excludes halogenated alkanes) is 1. The molecule has 2 aliphatic rings. The van der Waals surface area contributed by atoms with E-state index in [0.717, 1.165) is 60.8 Å². The van der Waals surface area contributed by atoms with E-state index in [-0.39, 0.29) is 5.82 Å². The Morgan fingerprint density at radius 1 is 1.16 bits per heavy atom. The highest BCUT2D eigenvalue weighted by Gasteiger charge is 2.36. The van der Waals surface area contributed by atoms with Crippen LogP contribution in [-0.2, 0) is 12.8 Å². The molecule has 0 radical (unpaired) electrons. The Bertz CT molecular complexity index is 1120. The van der Waals surface area contributed by atoms with E-state index in [0.29, 0.717) is 23.3 Å². The molecule has 1 aliphatic heterocycles. The zero-order valence-corrected chi connectivity index (χ0v) is 24.1. The molecule has 1 fully saturated rings. The molecule has 1 saturated carbocycles. The summed E-state index contributed by atoms with van der Waals surface area (Å²) in [5.41, 5.74) is 6.60. The van der Waals surface area contributed by atoms with Crippen LogP contribution in [0.5, 0.6) is 0 Å². The molecule has 1 nitrogen and oxygen atoms in total. The Hall–Kier alpha value is -2.06. The average Bonchev–Trinajstić information content (AvgIpc) is 3.00. The fourth-order valence-electron chi connectivity index (χ4n) is 6.51. The summed E-state index contributed by atoms with van der Waals surface area (Å²) >= 11 is 6.41. The third-order valence-electron chi connectivity index (χ3n) is 8.74. The number of benzene rings is 2. The van der Waals surface area contributed by atoms with Crippen LogP contribution in [0.3, 0.4) is 0 Å². The normalized spacial score (nSPS) is 22.4. The highest BCUT2D eigenvalue weighted by molar-refractivity contribution is 6.30. The number of anilines is 1. The van der Waals surface area contributed by atoms with E-state index < -0.39 is 0 Å². The summed E-state index contributed by atoms with van der Waals surface area (Å²) in [4.78, 5) is 2.60. The molecule has 2 aromatic rings. The molecule has 3 heteroatoms. The van der Waals surface area contributed by atoms with Gasteiger partial charge in [-0.2, -0.15) is 0 Å². The van der Waals surface area contributed by atoms with Crippen molar-refractivity contribution in [2.45, 2.75) is 85.0 Å². The molecule has 200 valence electrons. The zero-order chi connectivity index (χ0) is 26.5. The first kappa shape index (κ1) is 28.0. The van der Waals surface area contributed by atoms with Crippen molar-refractivity contribution >= 4 is 22.9 Å². The third-order valence-corrected chi connectivity index (χ3v) is 8.97. The van der Waals surface area contributed by atoms with Gasteiger partial charge in [-0.3, -0.25) is 0 Å². The van der Waals surface area contributed by atoms with Crippen molar-refractivity contribution in [2.24, 2.45) is 17.8 Å². The summed E-state index contributed by atoms with van der Waals surface area (Å²) in [5, 5.41) is 0.816. The Kier molecular flexibility index (Phi) is 9.57. The molecule has 4 atom stereocenters. The quantitative estimate of drug-likeness (QED) is 0.281. The second-order valence-electron chi connectivity index (χ2n) is 11.6. The van der Waals surface area contributed by atoms with Crippen molar-refractivity contribution in [1.82, 2.24) is 0 Å². The van der Waals surface area contributed by atoms with E-state index in [9.17, 15) is 0 Å². The minimum Gasteiger partial charge on any atom is -0.370 e. The number of hydrogen-bond acceptors (Lipinski definition) is 1. The molecule has 0 N–H and O–H groups in total. The lowest BCUT2D eigenvalue weighted by Crippen LogP contribution is -2.41. The Balaban J connectivity index is 1.66. The predicted octanol–water partition coefficient (Wildman–Crippen LogP) is 10.0. The molecular weight excluding hydrogens is 477 g/mol. The summed E-state index contributed by atoms with van der Waals surface area (Å²) < 4.78 is 15.1. The first-order valence-electron chi connectivity index (χ1n) is 14.5. The van der Waals surface area contributed by atoms with Gasteiger partial charge in [0.1, 0.15) is 5.82 Å². The molecule has 1 heterocycles. The largest absolute Gasteiger partial charge is 0.370 e. The van der Waals surface area contributed by atoms with Crippen LogP contribution >= 0.6 is 11.6 Å². The molecule has 2 aromatic carbocycles. The molecule has 0 saturated heterocycles. The fraction of sp³-hybridized carbons (Fsp3) is 0.529. The second kappa shape index (κ2) is 12.7. The van der Waals surface area contributed by atoms with Gasteiger partial charge in [-0.15, -0.1) is 0 Å². The van der Waals surface area contributed by atoms with Crippen molar-refractivity contribution in [2.75, 3.05) is 18.0 Å². The standard InChI is InChI=1S/C34H45ClFN/c1-6-8-9-11-24(5)30-16-14-27(30)21-37-22-28(31-17-15-29(35)18-25(31)10-7-2)13-12-26-19-33(36)32(23(3)4)20-34(26)37/h9,11,15,17-20,24,27-28,30H,3,6-8,10,12-14,16,21-22H2,1-2,4-5H3/b11-9+. The third kappa shape index (κ3) is 6.51. The van der Waals surface area contributed by atoms with Crippen LogP contribution in [0.4, 0.5) is 10.1 Å². The van der Waals surface area contributed by atoms with Crippen molar-refractivity contribution < 1.29 is 4.39 Å². The predicted molar refractivity (Wildman–Crippen MR) is 159 cm³/mol. The van der Waals surface area contributed by atoms with E-state index in [4.69, 9.17) is 11.6 Å². The lowest BCUT2D eigenvalue weighted by atomic mass is 9.67. The van der Waals surface area contributed by atoms with Gasteiger partial charge >= 0.3 is 0 Å². The zero-order valence-electron chi connectivity index (χ0n) is 23.3. The summed E-state index contributed by atoms with van der Waals surface area (Å²) in [6.07, 6.45) is 13.8. The summed E-state index contributed by atoms with van der Waals surface area (Å²) in [6, 6.07) is 10.3. The van der Waals surface area contributed by atoms with Crippen molar-refractivity contribution in [3.63, 3.8) is 0 Å². The number of halogens is 2. The number of fused-ring (bicyclic) bond motifs is 1. The fourth-order valence-corrected chi connectivity index (χ4v) is 6.71. The van der Waals surface area contributed by atoms with Crippen LogP contribution in [-0.4, -0.2) is 13.1 Å². The molecule has 37 heavy (non-hydrogen) atoms. The van der Waals surface area contributed by atoms with E-state index in [2.05, 4.69) is 62.6 Å². The molecule has 0 bridgehead atoms. The Morgan fingerprint density at radius 2 is 1.97 bits per heavy atom. The maximum Gasteiger partial charge on any atom is 0.131 e. The number of hydrogen-bond donors (Lipinski definition) is 0. The monoisotopic (exact) mass is 521 g/mol. The van der Waals surface area contributed by atoms with Crippen LogP contribution < -0.4 is 4.90 Å². The van der Waals surface area contributed by atoms with Crippen LogP contribution in [0.1, 0.15) is 94.4 Å². The maximum absolute atomic E-state index is 15.1. The van der Waals surface area contributed by atoms with Gasteiger partial charge in [-0.25, -0.2) is 4.39 Å². The summed E-state index contributed by atoms with van der Waals surface area (Å²) in [7, 11) is 0. The van der Waals surface area contributed by atoms with Crippen molar-refractivity contribution in [3.8, 4) is 0 Å². The number of allylic oxidation sites excluding steroid dienone is 3. The lowest BCUT2D eigenvalue weighted by Gasteiger charge is -2.44. The minimum absolute atomic E-state index is 0.140. The van der Waals surface area contributed by atoms with Gasteiger partial charge in [0, 0.05) is 35.3 Å². The smallest absolute Gasteiger partial charge is 0.131 e. The molecule has 4 unspecified atom stereocenters. The van der Waals surface area contributed by atoms with E-state index >= 15 is 4.39 Å². The number of nitrogens with zero attached hydrogens (tertiary/aromatic N) is 1. The highest BCUT2D eigenvalue weighted by atomic mass is 35.5. The Morgan fingerprint density at radius 3 is 2.65 bits per heavy atom. The molecule has 1 aliphatic carbocycles. The maximum atomic E-state index is 15.1. The van der Waals surface area contributed by atoms with Gasteiger partial charge in [0.2, 0.25) is 0 Å². The summed E-state index contributed by atoms with van der Waals surface area (Å²) in [6.45, 7) is 14.8. The van der Waals surface area contributed by atoms with E-state index in [1.54, 1.807) is 6.07 Å². The average molecular weight is 522 g/mol. The lowest BCUT2D eigenvalue weighted by molar-refractivity contribution is 0.139. The molecule has 0 aromatic heterocycles. The van der Waals surface area contributed by atoms with Crippen LogP contribution in [0.15, 0.2) is 49.1 Å². The van der Waals surface area contributed by atoms with Gasteiger partial charge in [0.05, 0.1) is 0 Å². The number of rotatable bonds is 10. The molecule has 4 rings (SSSR count). The molecule has 0 amide bonds. The molecule has 0 spiro atoms. The van der Waals surface area contributed by atoms with Crippen LogP contribution in [0, 0.1) is 23.6 Å². The van der Waals surface area contributed by atoms with Crippen LogP contribution in [0.25, 0.3) is 5.57 Å². The van der Waals surface area contributed by atoms with Gasteiger partial charge in [0.15, 0.2) is 0 Å².